The highest BCUT2D eigenvalue weighted by molar-refractivity contribution is 14.0. The van der Waals surface area contributed by atoms with Gasteiger partial charge in [0.2, 0.25) is 0 Å². The fraction of sp³-hybridized carbons (Fsp3) is 0.562. The first-order valence-electron chi connectivity index (χ1n) is 7.37. The maximum Gasteiger partial charge on any atom is 0.191 e. The molecule has 0 aliphatic rings. The molecular formula is C16H28IN3O. The number of rotatable bonds is 8. The standard InChI is InChI=1S/C16H27N3O.HI/c1-4-5-12-20-13-11-18-16(17-3)19-14(2)15-9-7-6-8-10-15;/h6-10,14H,4-5,11-13H2,1-3H3,(H2,17,18,19);1H. The summed E-state index contributed by atoms with van der Waals surface area (Å²) in [6.07, 6.45) is 2.29. The topological polar surface area (TPSA) is 45.6 Å². The van der Waals surface area contributed by atoms with E-state index in [1.54, 1.807) is 7.05 Å². The fourth-order valence-electron chi connectivity index (χ4n) is 1.81. The van der Waals surface area contributed by atoms with Crippen molar-refractivity contribution in [3.63, 3.8) is 0 Å². The molecule has 1 unspecified atom stereocenters. The number of ether oxygens (including phenoxy) is 1. The first-order chi connectivity index (χ1) is 9.77. The summed E-state index contributed by atoms with van der Waals surface area (Å²) in [6, 6.07) is 10.6. The fourth-order valence-corrected chi connectivity index (χ4v) is 1.81. The van der Waals surface area contributed by atoms with Gasteiger partial charge in [-0.2, -0.15) is 0 Å². The second-order valence-electron chi connectivity index (χ2n) is 4.74. The lowest BCUT2D eigenvalue weighted by Crippen LogP contribution is -2.40. The summed E-state index contributed by atoms with van der Waals surface area (Å²) in [7, 11) is 1.78. The molecular weight excluding hydrogens is 377 g/mol. The molecule has 21 heavy (non-hydrogen) atoms. The number of hydrogen-bond acceptors (Lipinski definition) is 2. The predicted octanol–water partition coefficient (Wildman–Crippen LogP) is 3.35. The van der Waals surface area contributed by atoms with Crippen LogP contribution in [0.1, 0.15) is 38.3 Å². The van der Waals surface area contributed by atoms with E-state index < -0.39 is 0 Å². The molecule has 0 aromatic heterocycles. The van der Waals surface area contributed by atoms with E-state index in [1.807, 2.05) is 18.2 Å². The molecule has 0 spiro atoms. The summed E-state index contributed by atoms with van der Waals surface area (Å²) in [5.74, 6) is 0.806. The third-order valence-corrected chi connectivity index (χ3v) is 3.06. The highest BCUT2D eigenvalue weighted by Gasteiger charge is 2.06. The number of unbranched alkanes of at least 4 members (excludes halogenated alkanes) is 1. The number of halogens is 1. The zero-order valence-electron chi connectivity index (χ0n) is 13.3. The Morgan fingerprint density at radius 1 is 1.24 bits per heavy atom. The summed E-state index contributed by atoms with van der Waals surface area (Å²) >= 11 is 0. The normalized spacial score (nSPS) is 12.4. The first kappa shape index (κ1) is 20.2. The number of guanidine groups is 1. The van der Waals surface area contributed by atoms with Gasteiger partial charge in [0.15, 0.2) is 5.96 Å². The van der Waals surface area contributed by atoms with Crippen molar-refractivity contribution < 1.29 is 4.74 Å². The van der Waals surface area contributed by atoms with Crippen molar-refractivity contribution in [3.05, 3.63) is 35.9 Å². The Morgan fingerprint density at radius 3 is 2.57 bits per heavy atom. The molecule has 1 atom stereocenters. The second-order valence-corrected chi connectivity index (χ2v) is 4.74. The maximum absolute atomic E-state index is 5.51. The number of nitrogens with zero attached hydrogens (tertiary/aromatic N) is 1. The lowest BCUT2D eigenvalue weighted by atomic mass is 10.1. The SMILES string of the molecule is CCCCOCCNC(=NC)NC(C)c1ccccc1.I. The van der Waals surface area contributed by atoms with Crippen LogP contribution in [0.15, 0.2) is 35.3 Å². The molecule has 0 saturated carbocycles. The highest BCUT2D eigenvalue weighted by atomic mass is 127. The van der Waals surface area contributed by atoms with E-state index in [0.717, 1.165) is 25.5 Å². The van der Waals surface area contributed by atoms with E-state index >= 15 is 0 Å². The van der Waals surface area contributed by atoms with Gasteiger partial charge in [0.25, 0.3) is 0 Å². The third-order valence-electron chi connectivity index (χ3n) is 3.06. The van der Waals surface area contributed by atoms with Crippen molar-refractivity contribution in [2.45, 2.75) is 32.7 Å². The summed E-state index contributed by atoms with van der Waals surface area (Å²) in [6.45, 7) is 6.61. The molecule has 0 aliphatic carbocycles. The van der Waals surface area contributed by atoms with Crippen LogP contribution < -0.4 is 10.6 Å². The Labute approximate surface area is 145 Å². The zero-order chi connectivity index (χ0) is 14.6. The van der Waals surface area contributed by atoms with Crippen LogP contribution in [0.4, 0.5) is 0 Å². The molecule has 120 valence electrons. The zero-order valence-corrected chi connectivity index (χ0v) is 15.6. The maximum atomic E-state index is 5.51. The molecule has 0 bridgehead atoms. The number of benzene rings is 1. The lowest BCUT2D eigenvalue weighted by molar-refractivity contribution is 0.136. The van der Waals surface area contributed by atoms with E-state index in [2.05, 4.69) is 41.6 Å². The minimum Gasteiger partial charge on any atom is -0.380 e. The molecule has 1 aromatic rings. The smallest absolute Gasteiger partial charge is 0.191 e. The minimum atomic E-state index is 0. The van der Waals surface area contributed by atoms with Crippen LogP contribution in [0.25, 0.3) is 0 Å². The van der Waals surface area contributed by atoms with Gasteiger partial charge in [0.1, 0.15) is 0 Å². The number of nitrogens with one attached hydrogen (secondary N) is 2. The molecule has 0 amide bonds. The van der Waals surface area contributed by atoms with Crippen molar-refractivity contribution in [1.82, 2.24) is 10.6 Å². The summed E-state index contributed by atoms with van der Waals surface area (Å²) in [4.78, 5) is 4.23. The van der Waals surface area contributed by atoms with Gasteiger partial charge in [-0.3, -0.25) is 4.99 Å². The van der Waals surface area contributed by atoms with Gasteiger partial charge in [0.05, 0.1) is 12.6 Å². The molecule has 0 fully saturated rings. The van der Waals surface area contributed by atoms with Gasteiger partial charge in [-0.15, -0.1) is 24.0 Å². The largest absolute Gasteiger partial charge is 0.380 e. The molecule has 4 nitrogen and oxygen atoms in total. The Kier molecular flexibility index (Phi) is 12.4. The van der Waals surface area contributed by atoms with Gasteiger partial charge in [-0.25, -0.2) is 0 Å². The van der Waals surface area contributed by atoms with E-state index in [-0.39, 0.29) is 30.0 Å². The van der Waals surface area contributed by atoms with Crippen LogP contribution in [0.5, 0.6) is 0 Å². The van der Waals surface area contributed by atoms with Crippen LogP contribution in [-0.2, 0) is 4.74 Å². The van der Waals surface area contributed by atoms with Crippen molar-refractivity contribution in [1.29, 1.82) is 0 Å². The minimum absolute atomic E-state index is 0. The Hall–Kier alpha value is -0.820. The molecule has 0 heterocycles. The van der Waals surface area contributed by atoms with Gasteiger partial charge in [-0.1, -0.05) is 43.7 Å². The van der Waals surface area contributed by atoms with Gasteiger partial charge in [-0.05, 0) is 18.9 Å². The third kappa shape index (κ3) is 8.93. The number of aliphatic imine (C=N–C) groups is 1. The summed E-state index contributed by atoms with van der Waals surface area (Å²) in [5, 5.41) is 6.63. The molecule has 1 rings (SSSR count). The predicted molar refractivity (Wildman–Crippen MR) is 100 cm³/mol. The van der Waals surface area contributed by atoms with Crippen LogP contribution >= 0.6 is 24.0 Å². The monoisotopic (exact) mass is 405 g/mol. The van der Waals surface area contributed by atoms with E-state index in [0.29, 0.717) is 6.61 Å². The van der Waals surface area contributed by atoms with Crippen molar-refractivity contribution in [2.75, 3.05) is 26.8 Å². The van der Waals surface area contributed by atoms with E-state index in [4.69, 9.17) is 4.74 Å². The summed E-state index contributed by atoms with van der Waals surface area (Å²) in [5.41, 5.74) is 1.25. The van der Waals surface area contributed by atoms with Crippen molar-refractivity contribution >= 4 is 29.9 Å². The molecule has 0 aliphatic heterocycles. The van der Waals surface area contributed by atoms with E-state index in [9.17, 15) is 0 Å². The van der Waals surface area contributed by atoms with Crippen LogP contribution in [0, 0.1) is 0 Å². The van der Waals surface area contributed by atoms with Crippen LogP contribution in [-0.4, -0.2) is 32.8 Å². The summed E-state index contributed by atoms with van der Waals surface area (Å²) < 4.78 is 5.51. The molecule has 1 aromatic carbocycles. The quantitative estimate of drug-likeness (QED) is 0.302. The Balaban J connectivity index is 0.00000400. The van der Waals surface area contributed by atoms with Crippen LogP contribution in [0.2, 0.25) is 0 Å². The molecule has 2 N–H and O–H groups in total. The van der Waals surface area contributed by atoms with Crippen LogP contribution in [0.3, 0.4) is 0 Å². The molecule has 0 saturated heterocycles. The Morgan fingerprint density at radius 2 is 1.95 bits per heavy atom. The van der Waals surface area contributed by atoms with Crippen molar-refractivity contribution in [3.8, 4) is 0 Å². The van der Waals surface area contributed by atoms with Gasteiger partial charge >= 0.3 is 0 Å². The highest BCUT2D eigenvalue weighted by Crippen LogP contribution is 2.10. The van der Waals surface area contributed by atoms with Crippen molar-refractivity contribution in [2.24, 2.45) is 4.99 Å². The average molecular weight is 405 g/mol. The average Bonchev–Trinajstić information content (AvgIpc) is 2.50. The van der Waals surface area contributed by atoms with Gasteiger partial charge < -0.3 is 15.4 Å². The first-order valence-corrected chi connectivity index (χ1v) is 7.37. The lowest BCUT2D eigenvalue weighted by Gasteiger charge is -2.18. The second kappa shape index (κ2) is 12.9. The molecule has 0 radical (unpaired) electrons. The van der Waals surface area contributed by atoms with E-state index in [1.165, 1.54) is 12.0 Å². The van der Waals surface area contributed by atoms with Gasteiger partial charge in [0, 0.05) is 20.2 Å². The Bertz CT molecular complexity index is 384. The number of hydrogen-bond donors (Lipinski definition) is 2. The molecule has 5 heteroatoms.